The molecule has 0 aliphatic carbocycles. The van der Waals surface area contributed by atoms with Gasteiger partial charge in [-0.25, -0.2) is 0 Å². The van der Waals surface area contributed by atoms with Crippen LogP contribution in [0, 0.1) is 0 Å². The van der Waals surface area contributed by atoms with Gasteiger partial charge in [0.1, 0.15) is 0 Å². The second-order valence-electron chi connectivity index (χ2n) is 5.88. The average Bonchev–Trinajstić information content (AvgIpc) is 3.11. The van der Waals surface area contributed by atoms with Crippen LogP contribution in [0.5, 0.6) is 0 Å². The third-order valence-electron chi connectivity index (χ3n) is 3.95. The van der Waals surface area contributed by atoms with E-state index in [1.165, 1.54) is 5.56 Å². The number of hydrogen-bond donors (Lipinski definition) is 0. The lowest BCUT2D eigenvalue weighted by atomic mass is 10.2. The maximum absolute atomic E-state index is 4.79. The molecular weight excluding hydrogens is 500 g/mol. The topological polar surface area (TPSA) is 43.1 Å². The summed E-state index contributed by atoms with van der Waals surface area (Å²) in [5.74, 6) is 0.949. The van der Waals surface area contributed by atoms with Crippen molar-refractivity contribution < 1.29 is 0 Å². The fourth-order valence-electron chi connectivity index (χ4n) is 2.68. The zero-order valence-corrected chi connectivity index (χ0v) is 19.3. The minimum atomic E-state index is 0. The Morgan fingerprint density at radius 1 is 0.821 bits per heavy atom. The van der Waals surface area contributed by atoms with Gasteiger partial charge in [0.05, 0.1) is 13.1 Å². The van der Waals surface area contributed by atoms with E-state index < -0.39 is 0 Å². The van der Waals surface area contributed by atoms with Gasteiger partial charge in [-0.05, 0) is 28.7 Å². The molecule has 0 unspecified atom stereocenters. The smallest absolute Gasteiger partial charge is 0.223 e. The van der Waals surface area contributed by atoms with Gasteiger partial charge in [-0.2, -0.15) is 4.98 Å². The maximum atomic E-state index is 4.79. The predicted octanol–water partition coefficient (Wildman–Crippen LogP) is 5.31. The molecule has 7 heteroatoms. The summed E-state index contributed by atoms with van der Waals surface area (Å²) in [4.78, 5) is 14.4. The third kappa shape index (κ3) is 5.70. The lowest BCUT2D eigenvalue weighted by Gasteiger charge is -2.06. The molecule has 2 aromatic heterocycles. The summed E-state index contributed by atoms with van der Waals surface area (Å²) < 4.78 is 2.20. The summed E-state index contributed by atoms with van der Waals surface area (Å²) in [5, 5.41) is 0. The molecule has 0 fully saturated rings. The fourth-order valence-corrected chi connectivity index (χ4v) is 3.57. The van der Waals surface area contributed by atoms with Crippen molar-refractivity contribution in [3.8, 4) is 11.4 Å². The van der Waals surface area contributed by atoms with Crippen molar-refractivity contribution in [1.82, 2.24) is 13.9 Å². The van der Waals surface area contributed by atoms with Gasteiger partial charge in [-0.3, -0.25) is 13.9 Å². The van der Waals surface area contributed by atoms with Crippen LogP contribution in [0.25, 0.3) is 11.4 Å². The van der Waals surface area contributed by atoms with Crippen LogP contribution < -0.4 is 4.80 Å². The van der Waals surface area contributed by atoms with E-state index in [1.54, 1.807) is 17.7 Å². The number of pyridine rings is 1. The molecule has 4 nitrogen and oxygen atoms in total. The Morgan fingerprint density at radius 3 is 2.18 bits per heavy atom. The minimum Gasteiger partial charge on any atom is -0.274 e. The number of nitrogens with zero attached hydrogens (tertiary/aromatic N) is 4. The monoisotopic (exact) mass is 518 g/mol. The number of benzene rings is 2. The molecule has 0 radical (unpaired) electrons. The highest BCUT2D eigenvalue weighted by Crippen LogP contribution is 2.19. The van der Waals surface area contributed by atoms with Crippen LogP contribution in [0.1, 0.15) is 11.1 Å². The molecule has 0 N–H and O–H groups in total. The first-order valence-electron chi connectivity index (χ1n) is 8.45. The van der Waals surface area contributed by atoms with E-state index in [0.717, 1.165) is 28.3 Å². The molecule has 4 aromatic rings. The van der Waals surface area contributed by atoms with Gasteiger partial charge in [0.2, 0.25) is 4.80 Å². The Bertz CT molecular complexity index is 1030. The second-order valence-corrected chi connectivity index (χ2v) is 6.86. The van der Waals surface area contributed by atoms with E-state index in [2.05, 4.69) is 50.3 Å². The van der Waals surface area contributed by atoms with E-state index in [-0.39, 0.29) is 34.0 Å². The molecule has 0 saturated carbocycles. The highest BCUT2D eigenvalue weighted by molar-refractivity contribution is 8.93. The molecule has 28 heavy (non-hydrogen) atoms. The number of halogens is 2. The van der Waals surface area contributed by atoms with E-state index in [9.17, 15) is 0 Å². The Hall–Kier alpha value is -2.09. The lowest BCUT2D eigenvalue weighted by Crippen LogP contribution is -1.99. The van der Waals surface area contributed by atoms with Crippen LogP contribution in [-0.2, 0) is 13.1 Å². The van der Waals surface area contributed by atoms with Crippen molar-refractivity contribution in [2.45, 2.75) is 13.1 Å². The Balaban J connectivity index is 0.00000140. The number of hydrogen-bond acceptors (Lipinski definition) is 4. The van der Waals surface area contributed by atoms with Crippen LogP contribution in [0.4, 0.5) is 0 Å². The third-order valence-corrected chi connectivity index (χ3v) is 4.86. The fraction of sp³-hybridized carbons (Fsp3) is 0.0952. The Morgan fingerprint density at radius 2 is 1.50 bits per heavy atom. The Labute approximate surface area is 189 Å². The van der Waals surface area contributed by atoms with Gasteiger partial charge in [0, 0.05) is 18.0 Å². The van der Waals surface area contributed by atoms with Gasteiger partial charge >= 0.3 is 0 Å². The van der Waals surface area contributed by atoms with Crippen LogP contribution in [-0.4, -0.2) is 13.9 Å². The molecular formula is C21H20Br2N4S. The van der Waals surface area contributed by atoms with Crippen molar-refractivity contribution in [3.05, 3.63) is 101 Å². The highest BCUT2D eigenvalue weighted by atomic mass is 79.9. The molecule has 4 rings (SSSR count). The van der Waals surface area contributed by atoms with Crippen LogP contribution in [0.3, 0.4) is 0 Å². The first-order chi connectivity index (χ1) is 12.9. The molecule has 0 aliphatic heterocycles. The molecule has 0 aliphatic rings. The molecule has 0 amide bonds. The zero-order valence-electron chi connectivity index (χ0n) is 15.0. The average molecular weight is 520 g/mol. The summed E-state index contributed by atoms with van der Waals surface area (Å²) in [6.45, 7) is 1.37. The van der Waals surface area contributed by atoms with Crippen molar-refractivity contribution in [2.24, 2.45) is 4.99 Å². The van der Waals surface area contributed by atoms with Gasteiger partial charge in [0.25, 0.3) is 0 Å². The lowest BCUT2D eigenvalue weighted by molar-refractivity contribution is 0.872. The van der Waals surface area contributed by atoms with E-state index in [1.807, 2.05) is 42.6 Å². The highest BCUT2D eigenvalue weighted by Gasteiger charge is 2.09. The molecule has 0 bridgehead atoms. The molecule has 2 heterocycles. The first-order valence-corrected chi connectivity index (χ1v) is 9.23. The quantitative estimate of drug-likeness (QED) is 0.358. The molecule has 0 atom stereocenters. The minimum absolute atomic E-state index is 0. The van der Waals surface area contributed by atoms with Crippen molar-refractivity contribution in [1.29, 1.82) is 0 Å². The van der Waals surface area contributed by atoms with E-state index in [0.29, 0.717) is 6.54 Å². The summed E-state index contributed by atoms with van der Waals surface area (Å²) in [6.07, 6.45) is 3.61. The summed E-state index contributed by atoms with van der Waals surface area (Å²) in [6, 6.07) is 24.6. The predicted molar refractivity (Wildman–Crippen MR) is 125 cm³/mol. The van der Waals surface area contributed by atoms with Crippen LogP contribution >= 0.6 is 45.5 Å². The maximum Gasteiger partial charge on any atom is 0.223 e. The Kier molecular flexibility index (Phi) is 8.76. The van der Waals surface area contributed by atoms with Crippen molar-refractivity contribution in [3.63, 3.8) is 0 Å². The molecule has 0 saturated heterocycles. The molecule has 144 valence electrons. The largest absolute Gasteiger partial charge is 0.274 e. The normalized spacial score (nSPS) is 10.8. The SMILES string of the molecule is Br.Br.c1ccc(Cn2sc(=NCc3cccnc3)nc2-c2ccccc2)cc1. The van der Waals surface area contributed by atoms with Gasteiger partial charge in [-0.1, -0.05) is 66.7 Å². The number of rotatable bonds is 5. The van der Waals surface area contributed by atoms with Crippen molar-refractivity contribution in [2.75, 3.05) is 0 Å². The van der Waals surface area contributed by atoms with Crippen LogP contribution in [0.2, 0.25) is 0 Å². The summed E-state index contributed by atoms with van der Waals surface area (Å²) in [5.41, 5.74) is 3.43. The van der Waals surface area contributed by atoms with Crippen LogP contribution in [0.15, 0.2) is 90.2 Å². The summed E-state index contributed by atoms with van der Waals surface area (Å²) >= 11 is 1.59. The standard InChI is InChI=1S/C21H18N4S.2BrH/c1-3-8-17(9-4-1)16-25-20(19-11-5-2-6-12-19)24-21(26-25)23-15-18-10-7-13-22-14-18;;/h1-14H,15-16H2;2*1H. The molecule has 0 spiro atoms. The van der Waals surface area contributed by atoms with E-state index in [4.69, 9.17) is 4.98 Å². The molecule has 2 aromatic carbocycles. The number of aromatic nitrogens is 3. The van der Waals surface area contributed by atoms with Crippen molar-refractivity contribution >= 4 is 45.5 Å². The summed E-state index contributed by atoms with van der Waals surface area (Å²) in [7, 11) is 0. The first kappa shape index (κ1) is 22.2. The van der Waals surface area contributed by atoms with Gasteiger partial charge < -0.3 is 0 Å². The van der Waals surface area contributed by atoms with Gasteiger partial charge in [-0.15, -0.1) is 34.0 Å². The zero-order chi connectivity index (χ0) is 17.6. The van der Waals surface area contributed by atoms with Gasteiger partial charge in [0.15, 0.2) is 5.82 Å². The second kappa shape index (κ2) is 11.0. The van der Waals surface area contributed by atoms with E-state index >= 15 is 0 Å².